The van der Waals surface area contributed by atoms with E-state index in [1.807, 2.05) is 20.8 Å². The first-order valence-electron chi connectivity index (χ1n) is 6.15. The van der Waals surface area contributed by atoms with E-state index < -0.39 is 10.8 Å². The molecule has 1 aromatic carbocycles. The minimum atomic E-state index is -0.637. The van der Waals surface area contributed by atoms with Gasteiger partial charge in [0.05, 0.1) is 4.92 Å². The number of carbonyl (C=O) groups excluding carboxylic acids is 1. The normalized spacial score (nSPS) is 13.6. The SMILES string of the molecule is CCC(C)C(C)NC(=O)c1cc(O)ccc1[N+](=O)[O-]. The molecule has 19 heavy (non-hydrogen) atoms. The molecule has 0 fully saturated rings. The summed E-state index contributed by atoms with van der Waals surface area (Å²) < 4.78 is 0. The molecule has 1 rings (SSSR count). The molecule has 6 nitrogen and oxygen atoms in total. The lowest BCUT2D eigenvalue weighted by atomic mass is 10.0. The predicted molar refractivity (Wildman–Crippen MR) is 71.1 cm³/mol. The summed E-state index contributed by atoms with van der Waals surface area (Å²) in [5.41, 5.74) is -0.438. The Hall–Kier alpha value is -2.11. The first kappa shape index (κ1) is 14.9. The van der Waals surface area contributed by atoms with Crippen molar-refractivity contribution >= 4 is 11.6 Å². The van der Waals surface area contributed by atoms with Crippen molar-refractivity contribution in [3.05, 3.63) is 33.9 Å². The molecule has 1 amide bonds. The topological polar surface area (TPSA) is 92.5 Å². The molecule has 0 bridgehead atoms. The van der Waals surface area contributed by atoms with E-state index in [1.165, 1.54) is 6.07 Å². The average molecular weight is 266 g/mol. The van der Waals surface area contributed by atoms with Crippen LogP contribution in [0.1, 0.15) is 37.6 Å². The van der Waals surface area contributed by atoms with Crippen LogP contribution in [0, 0.1) is 16.0 Å². The number of nitro benzene ring substituents is 1. The first-order chi connectivity index (χ1) is 8.86. The van der Waals surface area contributed by atoms with E-state index in [0.29, 0.717) is 0 Å². The monoisotopic (exact) mass is 266 g/mol. The van der Waals surface area contributed by atoms with Crippen LogP contribution >= 0.6 is 0 Å². The number of nitrogens with one attached hydrogen (secondary N) is 1. The van der Waals surface area contributed by atoms with Gasteiger partial charge in [-0.05, 0) is 25.0 Å². The van der Waals surface area contributed by atoms with Crippen molar-refractivity contribution in [2.45, 2.75) is 33.2 Å². The van der Waals surface area contributed by atoms with E-state index >= 15 is 0 Å². The zero-order valence-electron chi connectivity index (χ0n) is 11.2. The second-order valence-electron chi connectivity index (χ2n) is 4.61. The predicted octanol–water partition coefficient (Wildman–Crippen LogP) is 2.46. The molecule has 2 atom stereocenters. The molecule has 0 spiro atoms. The standard InChI is InChI=1S/C13H18N2O4/c1-4-8(2)9(3)14-13(17)11-7-10(16)5-6-12(11)15(18)19/h5-9,16H,4H2,1-3H3,(H,14,17). The Bertz CT molecular complexity index is 488. The minimum absolute atomic E-state index is 0.0977. The zero-order chi connectivity index (χ0) is 14.6. The molecule has 0 aliphatic heterocycles. The van der Waals surface area contributed by atoms with E-state index in [9.17, 15) is 20.0 Å². The third-order valence-electron chi connectivity index (χ3n) is 3.28. The molecule has 0 heterocycles. The van der Waals surface area contributed by atoms with Crippen molar-refractivity contribution in [3.8, 4) is 5.75 Å². The molecule has 1 aromatic rings. The van der Waals surface area contributed by atoms with Crippen LogP contribution < -0.4 is 5.32 Å². The number of phenolic OH excluding ortho intramolecular Hbond substituents is 1. The van der Waals surface area contributed by atoms with Crippen molar-refractivity contribution in [1.29, 1.82) is 0 Å². The Morgan fingerprint density at radius 3 is 2.63 bits per heavy atom. The van der Waals surface area contributed by atoms with Crippen molar-refractivity contribution in [1.82, 2.24) is 5.32 Å². The maximum absolute atomic E-state index is 12.0. The van der Waals surface area contributed by atoms with Gasteiger partial charge in [-0.15, -0.1) is 0 Å². The van der Waals surface area contributed by atoms with E-state index in [4.69, 9.17) is 0 Å². The van der Waals surface area contributed by atoms with Gasteiger partial charge in [-0.3, -0.25) is 14.9 Å². The number of amides is 1. The Labute approximate surface area is 111 Å². The highest BCUT2D eigenvalue weighted by molar-refractivity contribution is 5.98. The fourth-order valence-corrected chi connectivity index (χ4v) is 1.65. The molecular formula is C13H18N2O4. The van der Waals surface area contributed by atoms with Gasteiger partial charge in [0.15, 0.2) is 0 Å². The molecule has 0 saturated heterocycles. The number of nitrogens with zero attached hydrogens (tertiary/aromatic N) is 1. The molecule has 0 radical (unpaired) electrons. The number of hydrogen-bond donors (Lipinski definition) is 2. The van der Waals surface area contributed by atoms with Crippen LogP contribution in [0.4, 0.5) is 5.69 Å². The maximum atomic E-state index is 12.0. The van der Waals surface area contributed by atoms with Gasteiger partial charge >= 0.3 is 0 Å². The molecule has 0 saturated carbocycles. The Morgan fingerprint density at radius 2 is 2.11 bits per heavy atom. The summed E-state index contributed by atoms with van der Waals surface area (Å²) in [6.07, 6.45) is 0.892. The number of phenols is 1. The fraction of sp³-hybridized carbons (Fsp3) is 0.462. The lowest BCUT2D eigenvalue weighted by molar-refractivity contribution is -0.385. The van der Waals surface area contributed by atoms with Gasteiger partial charge in [0.1, 0.15) is 11.3 Å². The first-order valence-corrected chi connectivity index (χ1v) is 6.15. The molecule has 0 aromatic heterocycles. The second kappa shape index (κ2) is 6.17. The quantitative estimate of drug-likeness (QED) is 0.632. The summed E-state index contributed by atoms with van der Waals surface area (Å²) in [5.74, 6) is -0.456. The molecular weight excluding hydrogens is 248 g/mol. The summed E-state index contributed by atoms with van der Waals surface area (Å²) in [4.78, 5) is 22.2. The van der Waals surface area contributed by atoms with Crippen molar-refractivity contribution in [3.63, 3.8) is 0 Å². The van der Waals surface area contributed by atoms with Crippen molar-refractivity contribution in [2.75, 3.05) is 0 Å². The average Bonchev–Trinajstić information content (AvgIpc) is 2.36. The Morgan fingerprint density at radius 1 is 1.47 bits per heavy atom. The van der Waals surface area contributed by atoms with Gasteiger partial charge in [0.25, 0.3) is 11.6 Å². The smallest absolute Gasteiger partial charge is 0.282 e. The number of hydrogen-bond acceptors (Lipinski definition) is 4. The van der Waals surface area contributed by atoms with Gasteiger partial charge in [0, 0.05) is 12.1 Å². The van der Waals surface area contributed by atoms with Crippen LogP contribution in [0.15, 0.2) is 18.2 Å². The van der Waals surface area contributed by atoms with Gasteiger partial charge in [-0.1, -0.05) is 20.3 Å². The minimum Gasteiger partial charge on any atom is -0.508 e. The number of nitro groups is 1. The second-order valence-corrected chi connectivity index (χ2v) is 4.61. The molecule has 2 unspecified atom stereocenters. The highest BCUT2D eigenvalue weighted by atomic mass is 16.6. The third-order valence-corrected chi connectivity index (χ3v) is 3.28. The molecule has 6 heteroatoms. The number of rotatable bonds is 5. The summed E-state index contributed by atoms with van der Waals surface area (Å²) in [6.45, 7) is 5.84. The van der Waals surface area contributed by atoms with E-state index in [2.05, 4.69) is 5.32 Å². The van der Waals surface area contributed by atoms with Gasteiger partial charge < -0.3 is 10.4 Å². The van der Waals surface area contributed by atoms with Crippen LogP contribution in [0.25, 0.3) is 0 Å². The Kier molecular flexibility index (Phi) is 4.86. The lowest BCUT2D eigenvalue weighted by Gasteiger charge is -2.19. The largest absolute Gasteiger partial charge is 0.508 e. The number of carbonyl (C=O) groups is 1. The highest BCUT2D eigenvalue weighted by Gasteiger charge is 2.23. The van der Waals surface area contributed by atoms with Crippen molar-refractivity contribution < 1.29 is 14.8 Å². The summed E-state index contributed by atoms with van der Waals surface area (Å²) in [7, 11) is 0. The van der Waals surface area contributed by atoms with Gasteiger partial charge in [-0.25, -0.2) is 0 Å². The van der Waals surface area contributed by atoms with E-state index in [0.717, 1.165) is 18.6 Å². The molecule has 2 N–H and O–H groups in total. The molecule has 104 valence electrons. The van der Waals surface area contributed by atoms with Crippen molar-refractivity contribution in [2.24, 2.45) is 5.92 Å². The fourth-order valence-electron chi connectivity index (χ4n) is 1.65. The lowest BCUT2D eigenvalue weighted by Crippen LogP contribution is -2.37. The molecule has 0 aliphatic carbocycles. The summed E-state index contributed by atoms with van der Waals surface area (Å²) in [5, 5.41) is 22.9. The van der Waals surface area contributed by atoms with Gasteiger partial charge in [0.2, 0.25) is 0 Å². The summed E-state index contributed by atoms with van der Waals surface area (Å²) in [6, 6.07) is 3.32. The van der Waals surface area contributed by atoms with Crippen LogP contribution in [-0.2, 0) is 0 Å². The number of aromatic hydroxyl groups is 1. The van der Waals surface area contributed by atoms with Crippen LogP contribution in [0.3, 0.4) is 0 Å². The zero-order valence-corrected chi connectivity index (χ0v) is 11.2. The highest BCUT2D eigenvalue weighted by Crippen LogP contribution is 2.23. The molecule has 0 aliphatic rings. The van der Waals surface area contributed by atoms with E-state index in [-0.39, 0.29) is 29.0 Å². The summed E-state index contributed by atoms with van der Waals surface area (Å²) >= 11 is 0. The van der Waals surface area contributed by atoms with Crippen LogP contribution in [0.2, 0.25) is 0 Å². The van der Waals surface area contributed by atoms with Crippen LogP contribution in [0.5, 0.6) is 5.75 Å². The van der Waals surface area contributed by atoms with E-state index in [1.54, 1.807) is 0 Å². The number of benzene rings is 1. The third kappa shape index (κ3) is 3.67. The maximum Gasteiger partial charge on any atom is 0.282 e. The Balaban J connectivity index is 2.99. The van der Waals surface area contributed by atoms with Crippen LogP contribution in [-0.4, -0.2) is 22.0 Å². The van der Waals surface area contributed by atoms with Gasteiger partial charge in [-0.2, -0.15) is 0 Å².